The van der Waals surface area contributed by atoms with E-state index in [1.165, 1.54) is 22.3 Å². The first-order valence-corrected chi connectivity index (χ1v) is 12.0. The van der Waals surface area contributed by atoms with Crippen LogP contribution >= 0.6 is 11.3 Å². The summed E-state index contributed by atoms with van der Waals surface area (Å²) in [4.78, 5) is 28.6. The van der Waals surface area contributed by atoms with Gasteiger partial charge in [0.25, 0.3) is 11.7 Å². The number of phenols is 1. The molecule has 1 amide bonds. The van der Waals surface area contributed by atoms with Crippen LogP contribution in [0, 0.1) is 6.92 Å². The monoisotopic (exact) mass is 477 g/mol. The van der Waals surface area contributed by atoms with E-state index < -0.39 is 17.7 Å². The van der Waals surface area contributed by atoms with Gasteiger partial charge >= 0.3 is 0 Å². The number of rotatable bonds is 6. The van der Waals surface area contributed by atoms with Gasteiger partial charge in [0.2, 0.25) is 0 Å². The van der Waals surface area contributed by atoms with Crippen molar-refractivity contribution in [1.82, 2.24) is 0 Å². The summed E-state index contributed by atoms with van der Waals surface area (Å²) in [6, 6.07) is 12.7. The smallest absolute Gasteiger partial charge is 0.300 e. The fraction of sp³-hybridized carbons (Fsp3) is 0.259. The molecule has 2 heterocycles. The van der Waals surface area contributed by atoms with Gasteiger partial charge in [-0.3, -0.25) is 14.5 Å². The zero-order valence-corrected chi connectivity index (χ0v) is 20.3. The van der Waals surface area contributed by atoms with Gasteiger partial charge in [0, 0.05) is 10.4 Å². The second kappa shape index (κ2) is 9.35. The van der Waals surface area contributed by atoms with Crippen LogP contribution in [0.1, 0.15) is 54.3 Å². The summed E-state index contributed by atoms with van der Waals surface area (Å²) < 4.78 is 5.73. The van der Waals surface area contributed by atoms with Crippen LogP contribution in [0.3, 0.4) is 0 Å². The average molecular weight is 478 g/mol. The van der Waals surface area contributed by atoms with Crippen molar-refractivity contribution < 1.29 is 24.5 Å². The molecule has 0 spiro atoms. The van der Waals surface area contributed by atoms with Gasteiger partial charge in [-0.2, -0.15) is 0 Å². The summed E-state index contributed by atoms with van der Waals surface area (Å²) in [5.41, 5.74) is 2.43. The topological polar surface area (TPSA) is 87.1 Å². The molecule has 1 aromatic heterocycles. The molecule has 0 saturated carbocycles. The number of anilines is 1. The minimum Gasteiger partial charge on any atom is -0.507 e. The Morgan fingerprint density at radius 3 is 2.50 bits per heavy atom. The van der Waals surface area contributed by atoms with Gasteiger partial charge < -0.3 is 14.9 Å². The van der Waals surface area contributed by atoms with Crippen molar-refractivity contribution in [2.45, 2.75) is 39.7 Å². The number of hydrogen-bond donors (Lipinski definition) is 2. The van der Waals surface area contributed by atoms with Crippen molar-refractivity contribution in [2.24, 2.45) is 0 Å². The minimum absolute atomic E-state index is 0.00216. The fourth-order valence-corrected chi connectivity index (χ4v) is 5.28. The highest BCUT2D eigenvalue weighted by Gasteiger charge is 2.48. The van der Waals surface area contributed by atoms with E-state index in [1.54, 1.807) is 36.4 Å². The molecule has 1 aliphatic rings. The number of aliphatic hydroxyl groups is 1. The molecule has 0 radical (unpaired) electrons. The number of Topliss-reactive ketones (excluding diaryl/α,β-unsaturated/α-hetero) is 1. The zero-order valence-electron chi connectivity index (χ0n) is 19.5. The number of ketones is 1. The number of aryl methyl sites for hydroxylation is 1. The molecule has 3 aromatic rings. The number of para-hydroxylation sites is 2. The molecule has 2 aromatic carbocycles. The zero-order chi connectivity index (χ0) is 24.6. The van der Waals surface area contributed by atoms with E-state index in [1.807, 2.05) is 39.1 Å². The van der Waals surface area contributed by atoms with Gasteiger partial charge in [-0.05, 0) is 72.7 Å². The molecule has 2 N–H and O–H groups in total. The molecule has 1 fully saturated rings. The molecule has 0 aliphatic carbocycles. The van der Waals surface area contributed by atoms with Crippen molar-refractivity contribution in [1.29, 1.82) is 0 Å². The Hall–Kier alpha value is -3.58. The summed E-state index contributed by atoms with van der Waals surface area (Å²) in [5, 5.41) is 23.8. The van der Waals surface area contributed by atoms with Crippen LogP contribution in [0.4, 0.5) is 5.69 Å². The standard InChI is InChI=1S/C27H27NO5S/c1-5-33-21-11-10-17(14-18(21)15(2)3)24(30)22-23(26-16(4)12-13-34-26)28(27(32)25(22)31)19-8-6-7-9-20(19)29/h6-15,23,29-30H,5H2,1-4H3/b24-22-. The van der Waals surface area contributed by atoms with E-state index in [0.29, 0.717) is 12.2 Å². The number of amides is 1. The Balaban J connectivity index is 1.94. The normalized spacial score (nSPS) is 17.6. The Kier molecular flexibility index (Phi) is 6.48. The van der Waals surface area contributed by atoms with E-state index in [0.717, 1.165) is 21.8 Å². The van der Waals surface area contributed by atoms with Gasteiger partial charge in [0.1, 0.15) is 23.3 Å². The third-order valence-corrected chi connectivity index (χ3v) is 7.01. The first-order chi connectivity index (χ1) is 16.3. The highest BCUT2D eigenvalue weighted by atomic mass is 32.1. The molecule has 1 atom stereocenters. The van der Waals surface area contributed by atoms with Crippen LogP contribution in [0.25, 0.3) is 5.76 Å². The SMILES string of the molecule is CCOc1ccc(/C(O)=C2/C(=O)C(=O)N(c3ccccc3O)C2c2sccc2C)cc1C(C)C. The van der Waals surface area contributed by atoms with E-state index >= 15 is 0 Å². The molecule has 34 heavy (non-hydrogen) atoms. The summed E-state index contributed by atoms with van der Waals surface area (Å²) in [7, 11) is 0. The number of thiophene rings is 1. The lowest BCUT2D eigenvalue weighted by molar-refractivity contribution is -0.132. The van der Waals surface area contributed by atoms with Crippen LogP contribution in [-0.4, -0.2) is 28.5 Å². The highest BCUT2D eigenvalue weighted by Crippen LogP contribution is 2.47. The molecule has 1 unspecified atom stereocenters. The number of ether oxygens (including phenoxy) is 1. The van der Waals surface area contributed by atoms with E-state index in [4.69, 9.17) is 4.74 Å². The van der Waals surface area contributed by atoms with Crippen molar-refractivity contribution in [2.75, 3.05) is 11.5 Å². The number of benzene rings is 2. The number of aliphatic hydroxyl groups excluding tert-OH is 1. The summed E-state index contributed by atoms with van der Waals surface area (Å²) in [5.74, 6) is -1.12. The Bertz CT molecular complexity index is 1290. The maximum atomic E-state index is 13.3. The molecule has 6 nitrogen and oxygen atoms in total. The average Bonchev–Trinajstić information content (AvgIpc) is 3.34. The summed E-state index contributed by atoms with van der Waals surface area (Å²) >= 11 is 1.40. The third-order valence-electron chi connectivity index (χ3n) is 5.94. The predicted octanol–water partition coefficient (Wildman–Crippen LogP) is 5.91. The van der Waals surface area contributed by atoms with Crippen LogP contribution < -0.4 is 9.64 Å². The maximum absolute atomic E-state index is 13.3. The molecule has 1 aliphatic heterocycles. The van der Waals surface area contributed by atoms with Crippen molar-refractivity contribution in [3.05, 3.63) is 81.1 Å². The van der Waals surface area contributed by atoms with Gasteiger partial charge in [-0.25, -0.2) is 0 Å². The largest absolute Gasteiger partial charge is 0.507 e. The first-order valence-electron chi connectivity index (χ1n) is 11.2. The van der Waals surface area contributed by atoms with Crippen LogP contribution in [-0.2, 0) is 9.59 Å². The second-order valence-corrected chi connectivity index (χ2v) is 9.41. The fourth-order valence-electron chi connectivity index (χ4n) is 4.25. The van der Waals surface area contributed by atoms with Crippen molar-refractivity contribution >= 4 is 34.5 Å². The minimum atomic E-state index is -0.859. The molecular weight excluding hydrogens is 450 g/mol. The number of carbonyl (C=O) groups excluding carboxylic acids is 2. The molecule has 176 valence electrons. The van der Waals surface area contributed by atoms with Crippen molar-refractivity contribution in [3.8, 4) is 11.5 Å². The lowest BCUT2D eigenvalue weighted by atomic mass is 9.94. The van der Waals surface area contributed by atoms with E-state index in [2.05, 4.69) is 0 Å². The first kappa shape index (κ1) is 23.6. The van der Waals surface area contributed by atoms with Gasteiger partial charge in [0.15, 0.2) is 0 Å². The quantitative estimate of drug-likeness (QED) is 0.262. The number of phenolic OH excluding ortho intramolecular Hbond substituents is 1. The van der Waals surface area contributed by atoms with Crippen LogP contribution in [0.5, 0.6) is 11.5 Å². The van der Waals surface area contributed by atoms with Crippen molar-refractivity contribution in [3.63, 3.8) is 0 Å². The van der Waals surface area contributed by atoms with Crippen LogP contribution in [0.2, 0.25) is 0 Å². The lowest BCUT2D eigenvalue weighted by Gasteiger charge is -2.25. The van der Waals surface area contributed by atoms with Gasteiger partial charge in [0.05, 0.1) is 17.9 Å². The molecular formula is C27H27NO5S. The molecule has 1 saturated heterocycles. The summed E-state index contributed by atoms with van der Waals surface area (Å²) in [6.45, 7) is 8.35. The Morgan fingerprint density at radius 1 is 1.15 bits per heavy atom. The van der Waals surface area contributed by atoms with Gasteiger partial charge in [-0.15, -0.1) is 11.3 Å². The molecule has 7 heteroatoms. The van der Waals surface area contributed by atoms with E-state index in [-0.39, 0.29) is 28.7 Å². The summed E-state index contributed by atoms with van der Waals surface area (Å²) in [6.07, 6.45) is 0. The number of nitrogens with zero attached hydrogens (tertiary/aromatic N) is 1. The third kappa shape index (κ3) is 3.96. The molecule has 0 bridgehead atoms. The number of carbonyl (C=O) groups is 2. The number of hydrogen-bond acceptors (Lipinski definition) is 6. The predicted molar refractivity (Wildman–Crippen MR) is 134 cm³/mol. The Labute approximate surface area is 202 Å². The van der Waals surface area contributed by atoms with Gasteiger partial charge in [-0.1, -0.05) is 26.0 Å². The second-order valence-electron chi connectivity index (χ2n) is 8.47. The lowest BCUT2D eigenvalue weighted by Crippen LogP contribution is -2.29. The highest BCUT2D eigenvalue weighted by molar-refractivity contribution is 7.10. The number of aromatic hydroxyl groups is 1. The van der Waals surface area contributed by atoms with E-state index in [9.17, 15) is 19.8 Å². The Morgan fingerprint density at radius 2 is 1.88 bits per heavy atom. The van der Waals surface area contributed by atoms with Crippen LogP contribution in [0.15, 0.2) is 59.5 Å². The molecule has 4 rings (SSSR count). The maximum Gasteiger partial charge on any atom is 0.300 e.